The second-order valence-corrected chi connectivity index (χ2v) is 8.56. The van der Waals surface area contributed by atoms with E-state index in [0.29, 0.717) is 54.3 Å². The Hall–Kier alpha value is -2.55. The molecule has 0 bridgehead atoms. The fourth-order valence-electron chi connectivity index (χ4n) is 3.71. The van der Waals surface area contributed by atoms with Crippen molar-refractivity contribution in [2.45, 2.75) is 34.6 Å². The Morgan fingerprint density at radius 2 is 1.49 bits per heavy atom. The molecule has 3 aromatic rings. The molecule has 3 rings (SSSR count). The first-order valence-electron chi connectivity index (χ1n) is 12.0. The van der Waals surface area contributed by atoms with Crippen LogP contribution in [0.1, 0.15) is 45.0 Å². The zero-order valence-corrected chi connectivity index (χ0v) is 22.8. The minimum atomic E-state index is -0.142. The Morgan fingerprint density at radius 3 is 2.03 bits per heavy atom. The van der Waals surface area contributed by atoms with E-state index >= 15 is 0 Å². The molecule has 1 amide bonds. The number of nitrogens with zero attached hydrogens (tertiary/aromatic N) is 3. The van der Waals surface area contributed by atoms with E-state index in [2.05, 4.69) is 18.7 Å². The summed E-state index contributed by atoms with van der Waals surface area (Å²) in [5.41, 5.74) is 1.37. The van der Waals surface area contributed by atoms with Gasteiger partial charge in [-0.2, -0.15) is 0 Å². The zero-order chi connectivity index (χ0) is 24.5. The molecule has 0 saturated heterocycles. The number of benzene rings is 2. The Morgan fingerprint density at radius 1 is 0.886 bits per heavy atom. The maximum absolute atomic E-state index is 13.9. The van der Waals surface area contributed by atoms with Crippen LogP contribution in [-0.2, 0) is 0 Å². The largest absolute Gasteiger partial charge is 0.490 e. The summed E-state index contributed by atoms with van der Waals surface area (Å²) in [7, 11) is 0. The number of fused-ring (bicyclic) bond motifs is 1. The lowest BCUT2D eigenvalue weighted by molar-refractivity contribution is 0.0982. The van der Waals surface area contributed by atoms with Gasteiger partial charge in [0.25, 0.3) is 5.91 Å². The highest BCUT2D eigenvalue weighted by atomic mass is 35.5. The molecule has 1 heterocycles. The number of aromatic nitrogens is 1. The highest BCUT2D eigenvalue weighted by Crippen LogP contribution is 2.40. The number of anilines is 1. The number of ether oxygens (including phenoxy) is 3. The van der Waals surface area contributed by atoms with Crippen molar-refractivity contribution in [3.8, 4) is 17.2 Å². The van der Waals surface area contributed by atoms with Gasteiger partial charge < -0.3 is 19.1 Å². The Labute approximate surface area is 218 Å². The first kappa shape index (κ1) is 28.7. The Balaban J connectivity index is 0.00000432. The third kappa shape index (κ3) is 6.99. The number of hydrogen-bond acceptors (Lipinski definition) is 7. The van der Waals surface area contributed by atoms with Gasteiger partial charge in [-0.25, -0.2) is 4.98 Å². The van der Waals surface area contributed by atoms with E-state index in [0.717, 1.165) is 29.9 Å². The second-order valence-electron chi connectivity index (χ2n) is 7.55. The number of thiazole rings is 1. The van der Waals surface area contributed by atoms with Gasteiger partial charge in [-0.1, -0.05) is 37.3 Å². The maximum Gasteiger partial charge on any atom is 0.260 e. The van der Waals surface area contributed by atoms with E-state index in [1.807, 2.05) is 45.0 Å². The average Bonchev–Trinajstić information content (AvgIpc) is 3.27. The van der Waals surface area contributed by atoms with Gasteiger partial charge in [0.2, 0.25) is 5.75 Å². The molecule has 2 aromatic carbocycles. The van der Waals surface area contributed by atoms with Gasteiger partial charge >= 0.3 is 0 Å². The molecular formula is C26H36ClN3O4S. The summed E-state index contributed by atoms with van der Waals surface area (Å²) >= 11 is 1.52. The molecule has 1 aromatic heterocycles. The van der Waals surface area contributed by atoms with Crippen LogP contribution in [0.15, 0.2) is 36.4 Å². The molecule has 35 heavy (non-hydrogen) atoms. The number of rotatable bonds is 13. The van der Waals surface area contributed by atoms with Gasteiger partial charge in [-0.05, 0) is 58.1 Å². The van der Waals surface area contributed by atoms with Gasteiger partial charge in [-0.3, -0.25) is 9.69 Å². The van der Waals surface area contributed by atoms with Crippen molar-refractivity contribution in [3.63, 3.8) is 0 Å². The summed E-state index contributed by atoms with van der Waals surface area (Å²) in [5.74, 6) is 1.40. The van der Waals surface area contributed by atoms with Crippen LogP contribution in [0.5, 0.6) is 17.2 Å². The van der Waals surface area contributed by atoms with E-state index < -0.39 is 0 Å². The summed E-state index contributed by atoms with van der Waals surface area (Å²) < 4.78 is 18.5. The van der Waals surface area contributed by atoms with Crippen molar-refractivity contribution in [1.82, 2.24) is 9.88 Å². The molecule has 0 aliphatic carbocycles. The standard InChI is InChI=1S/C26H35N3O4S.ClH/c1-6-28(7-2)15-16-29(26-27-20-13-11-12-14-23(20)34-26)25(30)19-17-21(31-8-3)24(33-10-5)22(18-19)32-9-4;/h11-14,17-18H,6-10,15-16H2,1-5H3;1H. The monoisotopic (exact) mass is 521 g/mol. The van der Waals surface area contributed by atoms with Gasteiger partial charge in [0.05, 0.1) is 30.0 Å². The first-order chi connectivity index (χ1) is 16.6. The van der Waals surface area contributed by atoms with Crippen LogP contribution < -0.4 is 19.1 Å². The molecular weight excluding hydrogens is 486 g/mol. The van der Waals surface area contributed by atoms with Crippen LogP contribution in [0.3, 0.4) is 0 Å². The first-order valence-corrected chi connectivity index (χ1v) is 12.8. The molecule has 0 atom stereocenters. The van der Waals surface area contributed by atoms with E-state index in [-0.39, 0.29) is 18.3 Å². The normalized spacial score (nSPS) is 10.8. The third-order valence-electron chi connectivity index (χ3n) is 5.45. The summed E-state index contributed by atoms with van der Waals surface area (Å²) in [6.45, 7) is 14.5. The average molecular weight is 522 g/mol. The lowest BCUT2D eigenvalue weighted by Gasteiger charge is -2.25. The minimum Gasteiger partial charge on any atom is -0.490 e. The highest BCUT2D eigenvalue weighted by molar-refractivity contribution is 7.22. The fourth-order valence-corrected chi connectivity index (χ4v) is 4.70. The smallest absolute Gasteiger partial charge is 0.260 e. The lowest BCUT2D eigenvalue weighted by atomic mass is 10.1. The van der Waals surface area contributed by atoms with E-state index in [4.69, 9.17) is 19.2 Å². The van der Waals surface area contributed by atoms with Gasteiger partial charge in [0.15, 0.2) is 16.6 Å². The molecule has 0 N–H and O–H groups in total. The molecule has 7 nitrogen and oxygen atoms in total. The predicted octanol–water partition coefficient (Wildman–Crippen LogP) is 5.90. The van der Waals surface area contributed by atoms with Crippen LogP contribution in [0.4, 0.5) is 5.13 Å². The van der Waals surface area contributed by atoms with Crippen molar-refractivity contribution in [1.29, 1.82) is 0 Å². The summed E-state index contributed by atoms with van der Waals surface area (Å²) in [5, 5.41) is 0.683. The van der Waals surface area contributed by atoms with Crippen molar-refractivity contribution >= 4 is 45.0 Å². The van der Waals surface area contributed by atoms with Gasteiger partial charge in [0, 0.05) is 18.7 Å². The summed E-state index contributed by atoms with van der Waals surface area (Å²) in [6, 6.07) is 11.4. The number of hydrogen-bond donors (Lipinski definition) is 0. The number of likely N-dealkylation sites (N-methyl/N-ethyl adjacent to an activating group) is 1. The van der Waals surface area contributed by atoms with E-state index in [9.17, 15) is 4.79 Å². The number of carbonyl (C=O) groups is 1. The number of halogens is 1. The summed E-state index contributed by atoms with van der Waals surface area (Å²) in [6.07, 6.45) is 0. The molecule has 0 saturated carbocycles. The Kier molecular flexibility index (Phi) is 11.6. The van der Waals surface area contributed by atoms with Gasteiger partial charge in [-0.15, -0.1) is 12.4 Å². The molecule has 192 valence electrons. The molecule has 0 fully saturated rings. The molecule has 0 unspecified atom stereocenters. The van der Waals surface area contributed by atoms with Crippen LogP contribution in [0.2, 0.25) is 0 Å². The molecule has 0 spiro atoms. The highest BCUT2D eigenvalue weighted by Gasteiger charge is 2.25. The molecule has 0 aliphatic heterocycles. The maximum atomic E-state index is 13.9. The summed E-state index contributed by atoms with van der Waals surface area (Å²) in [4.78, 5) is 22.7. The van der Waals surface area contributed by atoms with Crippen molar-refractivity contribution in [2.24, 2.45) is 0 Å². The number of para-hydroxylation sites is 1. The predicted molar refractivity (Wildman–Crippen MR) is 146 cm³/mol. The van der Waals surface area contributed by atoms with Crippen LogP contribution in [0, 0.1) is 0 Å². The van der Waals surface area contributed by atoms with E-state index in [1.165, 1.54) is 11.3 Å². The van der Waals surface area contributed by atoms with Crippen molar-refractivity contribution in [3.05, 3.63) is 42.0 Å². The number of amides is 1. The topological polar surface area (TPSA) is 64.1 Å². The minimum absolute atomic E-state index is 0. The zero-order valence-electron chi connectivity index (χ0n) is 21.2. The number of carbonyl (C=O) groups excluding carboxylic acids is 1. The van der Waals surface area contributed by atoms with Crippen LogP contribution in [0.25, 0.3) is 10.2 Å². The molecule has 9 heteroatoms. The van der Waals surface area contributed by atoms with Gasteiger partial charge in [0.1, 0.15) is 0 Å². The van der Waals surface area contributed by atoms with Crippen molar-refractivity contribution < 1.29 is 19.0 Å². The van der Waals surface area contributed by atoms with Crippen molar-refractivity contribution in [2.75, 3.05) is 50.9 Å². The quantitative estimate of drug-likeness (QED) is 0.279. The lowest BCUT2D eigenvalue weighted by Crippen LogP contribution is -2.38. The van der Waals surface area contributed by atoms with Crippen LogP contribution in [-0.4, -0.2) is 61.8 Å². The molecule has 0 aliphatic rings. The second kappa shape index (κ2) is 14.1. The SMILES string of the molecule is CCOc1cc(C(=O)N(CCN(CC)CC)c2nc3ccccc3s2)cc(OCC)c1OCC.Cl. The third-order valence-corrected chi connectivity index (χ3v) is 6.51. The molecule has 0 radical (unpaired) electrons. The van der Waals surface area contributed by atoms with Crippen LogP contribution >= 0.6 is 23.7 Å². The fraction of sp³-hybridized carbons (Fsp3) is 0.462. The Bertz CT molecular complexity index is 1030. The van der Waals surface area contributed by atoms with E-state index in [1.54, 1.807) is 17.0 Å².